The lowest BCUT2D eigenvalue weighted by Crippen LogP contribution is -2.54. The second-order valence-corrected chi connectivity index (χ2v) is 8.30. The van der Waals surface area contributed by atoms with Crippen LogP contribution in [0.5, 0.6) is 11.5 Å². The van der Waals surface area contributed by atoms with Crippen molar-refractivity contribution >= 4 is 11.8 Å². The van der Waals surface area contributed by atoms with Crippen molar-refractivity contribution < 1.29 is 23.8 Å². The molecule has 2 saturated heterocycles. The average Bonchev–Trinajstić information content (AvgIpc) is 2.88. The molecule has 0 saturated carbocycles. The van der Waals surface area contributed by atoms with Crippen molar-refractivity contribution in [1.29, 1.82) is 0 Å². The minimum Gasteiger partial charge on any atom is -0.497 e. The number of hydrogen-bond donors (Lipinski definition) is 0. The summed E-state index contributed by atoms with van der Waals surface area (Å²) < 4.78 is 16.6. The SMILES string of the molecule is COc1cc(OC)cc(C(=O)N2CCOC(CN3CCN(C(=O)c4ccccc4)CC3)C2)c1. The quantitative estimate of drug-likeness (QED) is 0.666. The van der Waals surface area contributed by atoms with Gasteiger partial charge in [-0.05, 0) is 24.3 Å². The summed E-state index contributed by atoms with van der Waals surface area (Å²) in [7, 11) is 3.14. The second kappa shape index (κ2) is 10.7. The Balaban J connectivity index is 1.31. The first kappa shape index (κ1) is 23.1. The van der Waals surface area contributed by atoms with E-state index in [1.54, 1.807) is 32.4 Å². The zero-order chi connectivity index (χ0) is 23.2. The summed E-state index contributed by atoms with van der Waals surface area (Å²) in [6.45, 7) is 5.27. The first-order valence-corrected chi connectivity index (χ1v) is 11.3. The van der Waals surface area contributed by atoms with Crippen LogP contribution in [-0.2, 0) is 4.74 Å². The monoisotopic (exact) mass is 453 g/mol. The van der Waals surface area contributed by atoms with Crippen molar-refractivity contribution in [1.82, 2.24) is 14.7 Å². The molecule has 2 aromatic rings. The fraction of sp³-hybridized carbons (Fsp3) is 0.440. The minimum atomic E-state index is -0.0634. The fourth-order valence-corrected chi connectivity index (χ4v) is 4.31. The molecule has 0 aliphatic carbocycles. The first-order valence-electron chi connectivity index (χ1n) is 11.3. The Morgan fingerprint density at radius 2 is 1.48 bits per heavy atom. The number of benzene rings is 2. The Morgan fingerprint density at radius 3 is 2.12 bits per heavy atom. The van der Waals surface area contributed by atoms with Gasteiger partial charge in [0.1, 0.15) is 11.5 Å². The normalized spacial score (nSPS) is 19.3. The van der Waals surface area contributed by atoms with Crippen LogP contribution in [-0.4, -0.2) is 99.3 Å². The molecule has 2 aliphatic rings. The molecule has 2 heterocycles. The van der Waals surface area contributed by atoms with Gasteiger partial charge in [0, 0.05) is 63.0 Å². The van der Waals surface area contributed by atoms with Crippen LogP contribution in [0.3, 0.4) is 0 Å². The molecule has 4 rings (SSSR count). The van der Waals surface area contributed by atoms with Crippen molar-refractivity contribution in [2.75, 3.05) is 66.6 Å². The largest absolute Gasteiger partial charge is 0.497 e. The van der Waals surface area contributed by atoms with Crippen molar-refractivity contribution in [2.24, 2.45) is 0 Å². The van der Waals surface area contributed by atoms with Gasteiger partial charge in [0.25, 0.3) is 11.8 Å². The third-order valence-corrected chi connectivity index (χ3v) is 6.17. The van der Waals surface area contributed by atoms with E-state index in [4.69, 9.17) is 14.2 Å². The molecule has 176 valence electrons. The van der Waals surface area contributed by atoms with Crippen LogP contribution >= 0.6 is 0 Å². The standard InChI is InChI=1S/C25H31N3O5/c1-31-21-14-20(15-22(16-21)32-2)25(30)28-12-13-33-23(18-28)17-26-8-10-27(11-9-26)24(29)19-6-4-3-5-7-19/h3-7,14-16,23H,8-13,17-18H2,1-2H3. The van der Waals surface area contributed by atoms with Crippen molar-refractivity contribution in [2.45, 2.75) is 6.10 Å². The van der Waals surface area contributed by atoms with Crippen LogP contribution in [0.25, 0.3) is 0 Å². The number of morpholine rings is 1. The molecule has 0 aromatic heterocycles. The Labute approximate surface area is 194 Å². The van der Waals surface area contributed by atoms with Crippen molar-refractivity contribution in [3.8, 4) is 11.5 Å². The number of rotatable bonds is 6. The molecule has 2 aliphatic heterocycles. The molecule has 2 amide bonds. The second-order valence-electron chi connectivity index (χ2n) is 8.30. The molecular formula is C25H31N3O5. The maximum absolute atomic E-state index is 13.1. The van der Waals surface area contributed by atoms with E-state index in [0.29, 0.717) is 49.8 Å². The lowest BCUT2D eigenvalue weighted by atomic mass is 10.1. The molecule has 0 bridgehead atoms. The van der Waals surface area contributed by atoms with E-state index >= 15 is 0 Å². The number of nitrogens with zero attached hydrogens (tertiary/aromatic N) is 3. The smallest absolute Gasteiger partial charge is 0.254 e. The molecule has 33 heavy (non-hydrogen) atoms. The molecule has 0 spiro atoms. The van der Waals surface area contributed by atoms with Gasteiger partial charge in [-0.25, -0.2) is 0 Å². The highest BCUT2D eigenvalue weighted by molar-refractivity contribution is 5.95. The number of piperazine rings is 1. The topological polar surface area (TPSA) is 71.6 Å². The van der Waals surface area contributed by atoms with Crippen LogP contribution in [0.4, 0.5) is 0 Å². The van der Waals surface area contributed by atoms with Gasteiger partial charge in [0.2, 0.25) is 0 Å². The zero-order valence-corrected chi connectivity index (χ0v) is 19.2. The van der Waals surface area contributed by atoms with Crippen LogP contribution < -0.4 is 9.47 Å². The predicted octanol–water partition coefficient (Wildman–Crippen LogP) is 2.00. The molecule has 0 N–H and O–H groups in total. The fourth-order valence-electron chi connectivity index (χ4n) is 4.31. The van der Waals surface area contributed by atoms with Gasteiger partial charge in [0.05, 0.1) is 26.9 Å². The highest BCUT2D eigenvalue weighted by Crippen LogP contribution is 2.24. The maximum atomic E-state index is 13.1. The Bertz CT molecular complexity index is 938. The summed E-state index contributed by atoms with van der Waals surface area (Å²) in [4.78, 5) is 31.8. The molecular weight excluding hydrogens is 422 g/mol. The number of ether oxygens (including phenoxy) is 3. The van der Waals surface area contributed by atoms with Crippen LogP contribution in [0, 0.1) is 0 Å². The number of hydrogen-bond acceptors (Lipinski definition) is 6. The Morgan fingerprint density at radius 1 is 0.848 bits per heavy atom. The van der Waals surface area contributed by atoms with Gasteiger partial charge in [-0.1, -0.05) is 18.2 Å². The summed E-state index contributed by atoms with van der Waals surface area (Å²) >= 11 is 0. The van der Waals surface area contributed by atoms with E-state index in [1.165, 1.54) is 0 Å². The highest BCUT2D eigenvalue weighted by atomic mass is 16.5. The average molecular weight is 454 g/mol. The van der Waals surface area contributed by atoms with Crippen molar-refractivity contribution in [3.63, 3.8) is 0 Å². The van der Waals surface area contributed by atoms with Crippen molar-refractivity contribution in [3.05, 3.63) is 59.7 Å². The number of methoxy groups -OCH3 is 2. The number of carbonyl (C=O) groups excluding carboxylic acids is 2. The number of amides is 2. The number of carbonyl (C=O) groups is 2. The zero-order valence-electron chi connectivity index (χ0n) is 19.2. The molecule has 1 unspecified atom stereocenters. The van der Waals surface area contributed by atoms with E-state index in [-0.39, 0.29) is 17.9 Å². The molecule has 2 aromatic carbocycles. The highest BCUT2D eigenvalue weighted by Gasteiger charge is 2.29. The molecule has 2 fully saturated rings. The van der Waals surface area contributed by atoms with Gasteiger partial charge in [0.15, 0.2) is 0 Å². The molecule has 0 radical (unpaired) electrons. The Kier molecular flexibility index (Phi) is 7.47. The maximum Gasteiger partial charge on any atom is 0.254 e. The van der Waals surface area contributed by atoms with Gasteiger partial charge in [-0.15, -0.1) is 0 Å². The van der Waals surface area contributed by atoms with Crippen LogP contribution in [0.2, 0.25) is 0 Å². The summed E-state index contributed by atoms with van der Waals surface area (Å²) in [5.41, 5.74) is 1.27. The van der Waals surface area contributed by atoms with E-state index in [0.717, 1.165) is 25.2 Å². The molecule has 8 nitrogen and oxygen atoms in total. The van der Waals surface area contributed by atoms with E-state index in [9.17, 15) is 9.59 Å². The third-order valence-electron chi connectivity index (χ3n) is 6.17. The summed E-state index contributed by atoms with van der Waals surface area (Å²) in [5, 5.41) is 0. The van der Waals surface area contributed by atoms with E-state index in [1.807, 2.05) is 40.1 Å². The summed E-state index contributed by atoms with van der Waals surface area (Å²) in [5.74, 6) is 1.20. The van der Waals surface area contributed by atoms with Crippen LogP contribution in [0.15, 0.2) is 48.5 Å². The van der Waals surface area contributed by atoms with Gasteiger partial charge in [-0.2, -0.15) is 0 Å². The molecule has 1 atom stereocenters. The van der Waals surface area contributed by atoms with Gasteiger partial charge >= 0.3 is 0 Å². The summed E-state index contributed by atoms with van der Waals surface area (Å²) in [6, 6.07) is 14.6. The van der Waals surface area contributed by atoms with E-state index < -0.39 is 0 Å². The Hall–Kier alpha value is -3.10. The lowest BCUT2D eigenvalue weighted by molar-refractivity contribution is -0.0400. The molecule has 8 heteroatoms. The third kappa shape index (κ3) is 5.64. The van der Waals surface area contributed by atoms with Crippen LogP contribution in [0.1, 0.15) is 20.7 Å². The lowest BCUT2D eigenvalue weighted by Gasteiger charge is -2.39. The predicted molar refractivity (Wildman–Crippen MR) is 124 cm³/mol. The van der Waals surface area contributed by atoms with E-state index in [2.05, 4.69) is 4.90 Å². The summed E-state index contributed by atoms with van der Waals surface area (Å²) in [6.07, 6.45) is -0.0634. The van der Waals surface area contributed by atoms with Gasteiger partial charge < -0.3 is 24.0 Å². The first-order chi connectivity index (χ1) is 16.1. The van der Waals surface area contributed by atoms with Gasteiger partial charge in [-0.3, -0.25) is 14.5 Å². The minimum absolute atomic E-state index is 0.0567.